The predicted molar refractivity (Wildman–Crippen MR) is 35.5 cm³/mol. The summed E-state index contributed by atoms with van der Waals surface area (Å²) in [4.78, 5) is 0. The van der Waals surface area contributed by atoms with Crippen molar-refractivity contribution in [1.29, 1.82) is 0 Å². The summed E-state index contributed by atoms with van der Waals surface area (Å²) in [5.41, 5.74) is 0. The van der Waals surface area contributed by atoms with Crippen LogP contribution >= 0.6 is 0 Å². The van der Waals surface area contributed by atoms with Crippen LogP contribution in [0.3, 0.4) is 0 Å². The Bertz CT molecular complexity index is 61.1. The quantitative estimate of drug-likeness (QED) is 0.478. The zero-order chi connectivity index (χ0) is 5.70. The fourth-order valence-electron chi connectivity index (χ4n) is 0.306. The molecule has 0 aromatic carbocycles. The van der Waals surface area contributed by atoms with Crippen molar-refractivity contribution in [1.82, 2.24) is 0 Å². The molecule has 0 N–H and O–H groups in total. The van der Waals surface area contributed by atoms with Gasteiger partial charge in [-0.25, -0.2) is 0 Å². The minimum absolute atomic E-state index is 0.721. The van der Waals surface area contributed by atoms with Gasteiger partial charge in [-0.2, -0.15) is 0 Å². The van der Waals surface area contributed by atoms with Crippen molar-refractivity contribution in [2.24, 2.45) is 0 Å². The number of ether oxygens (including phenoxy) is 1. The predicted octanol–water partition coefficient (Wildman–Crippen LogP) is 0.320. The maximum atomic E-state index is 5.05. The molecule has 2 heteroatoms. The first-order valence-corrected chi connectivity index (χ1v) is 6.65. The molecule has 42 valence electrons. The molecule has 0 bridgehead atoms. The molecule has 0 radical (unpaired) electrons. The van der Waals surface area contributed by atoms with Gasteiger partial charge in [-0.3, -0.25) is 0 Å². The Balaban J connectivity index is 3.00. The third-order valence-corrected chi connectivity index (χ3v) is 2.99. The average Bonchev–Trinajstić information content (AvgIpc) is 1.68. The van der Waals surface area contributed by atoms with E-state index >= 15 is 0 Å². The van der Waals surface area contributed by atoms with E-state index in [9.17, 15) is 0 Å². The molecule has 0 aromatic heterocycles. The van der Waals surface area contributed by atoms with Crippen LogP contribution in [0.4, 0.5) is 0 Å². The summed E-state index contributed by atoms with van der Waals surface area (Å²) in [5, 5.41) is 0. The van der Waals surface area contributed by atoms with E-state index in [0.29, 0.717) is 0 Å². The van der Waals surface area contributed by atoms with E-state index in [2.05, 4.69) is 6.58 Å². The zero-order valence-electron chi connectivity index (χ0n) is 5.03. The van der Waals surface area contributed by atoms with Crippen LogP contribution in [0.15, 0.2) is 12.3 Å². The van der Waals surface area contributed by atoms with Gasteiger partial charge in [-0.05, 0) is 0 Å². The Hall–Kier alpha value is 0.339. The SMILES string of the molecule is C=C([CH2][SnH3])OCC. The van der Waals surface area contributed by atoms with Gasteiger partial charge in [0.25, 0.3) is 0 Å². The molecule has 0 heterocycles. The number of hydrogen-bond acceptors (Lipinski definition) is 1. The Morgan fingerprint density at radius 1 is 1.86 bits per heavy atom. The molecule has 0 aromatic rings. The molecule has 0 aliphatic heterocycles. The Kier molecular flexibility index (Phi) is 4.71. The fraction of sp³-hybridized carbons (Fsp3) is 0.600. The van der Waals surface area contributed by atoms with Crippen LogP contribution in [0.1, 0.15) is 6.92 Å². The second-order valence-corrected chi connectivity index (χ2v) is 3.34. The number of hydrogen-bond donors (Lipinski definition) is 0. The molecule has 0 atom stereocenters. The summed E-state index contributed by atoms with van der Waals surface area (Å²) in [6.45, 7) is 6.45. The van der Waals surface area contributed by atoms with Crippen molar-refractivity contribution >= 4 is 22.5 Å². The van der Waals surface area contributed by atoms with Crippen molar-refractivity contribution in [2.45, 2.75) is 11.4 Å². The first kappa shape index (κ1) is 7.34. The van der Waals surface area contributed by atoms with Gasteiger partial charge in [-0.15, -0.1) is 0 Å². The normalized spacial score (nSPS) is 8.71. The van der Waals surface area contributed by atoms with E-state index in [1.807, 2.05) is 6.92 Å². The standard InChI is InChI=1S/C5H9O.Sn.3H/c1-4-6-5(2)3;;;;/h2-4H2,1H3;;;;. The minimum atomic E-state index is 0.721. The second-order valence-electron chi connectivity index (χ2n) is 1.33. The van der Waals surface area contributed by atoms with Gasteiger partial charge >= 0.3 is 57.6 Å². The van der Waals surface area contributed by atoms with E-state index < -0.39 is 0 Å². The molecule has 0 saturated heterocycles. The molecule has 0 amide bonds. The van der Waals surface area contributed by atoms with E-state index in [4.69, 9.17) is 4.74 Å². The fourth-order valence-corrected chi connectivity index (χ4v) is 0.889. The molecule has 0 fully saturated rings. The summed E-state index contributed by atoms with van der Waals surface area (Å²) in [7, 11) is 0. The average molecular weight is 207 g/mol. The second kappa shape index (κ2) is 4.50. The van der Waals surface area contributed by atoms with Crippen molar-refractivity contribution in [3.63, 3.8) is 0 Å². The monoisotopic (exact) mass is 208 g/mol. The van der Waals surface area contributed by atoms with E-state index in [0.717, 1.165) is 39.3 Å². The molecule has 7 heavy (non-hydrogen) atoms. The molecule has 0 aliphatic carbocycles. The molecular formula is C5H12OSn. The number of allylic oxidation sites excluding steroid dienone is 1. The van der Waals surface area contributed by atoms with Crippen LogP contribution in [0, 0.1) is 0 Å². The van der Waals surface area contributed by atoms with Gasteiger partial charge in [0, 0.05) is 0 Å². The van der Waals surface area contributed by atoms with Crippen molar-refractivity contribution < 1.29 is 4.74 Å². The topological polar surface area (TPSA) is 9.23 Å². The summed E-state index contributed by atoms with van der Waals surface area (Å²) < 4.78 is 6.18. The van der Waals surface area contributed by atoms with Crippen LogP contribution < -0.4 is 0 Å². The maximum absolute atomic E-state index is 5.05. The van der Waals surface area contributed by atoms with Gasteiger partial charge in [0.15, 0.2) is 0 Å². The molecule has 0 aliphatic rings. The van der Waals surface area contributed by atoms with Crippen LogP contribution in [-0.2, 0) is 4.74 Å². The third kappa shape index (κ3) is 4.19. The van der Waals surface area contributed by atoms with Crippen LogP contribution in [0.2, 0.25) is 4.44 Å². The van der Waals surface area contributed by atoms with E-state index in [-0.39, 0.29) is 0 Å². The molecule has 0 rings (SSSR count). The Labute approximate surface area is 57.8 Å². The van der Waals surface area contributed by atoms with Gasteiger partial charge in [0.05, 0.1) is 0 Å². The summed E-state index contributed by atoms with van der Waals surface area (Å²) in [6, 6.07) is 0. The summed E-state index contributed by atoms with van der Waals surface area (Å²) in [5.74, 6) is 0.971. The first-order chi connectivity index (χ1) is 3.31. The van der Waals surface area contributed by atoms with Gasteiger partial charge in [0.1, 0.15) is 0 Å². The first-order valence-electron chi connectivity index (χ1n) is 2.61. The van der Waals surface area contributed by atoms with Gasteiger partial charge < -0.3 is 0 Å². The van der Waals surface area contributed by atoms with E-state index in [1.165, 1.54) is 0 Å². The molecule has 0 spiro atoms. The Morgan fingerprint density at radius 3 is 2.57 bits per heavy atom. The van der Waals surface area contributed by atoms with Gasteiger partial charge in [0.2, 0.25) is 0 Å². The molecular weight excluding hydrogens is 195 g/mol. The summed E-state index contributed by atoms with van der Waals surface area (Å²) >= 11 is 0.721. The zero-order valence-corrected chi connectivity index (χ0v) is 10.7. The molecule has 0 saturated carbocycles. The van der Waals surface area contributed by atoms with E-state index in [1.54, 1.807) is 0 Å². The van der Waals surface area contributed by atoms with Gasteiger partial charge in [-0.1, -0.05) is 0 Å². The summed E-state index contributed by atoms with van der Waals surface area (Å²) in [6.07, 6.45) is 0. The Morgan fingerprint density at radius 2 is 2.43 bits per heavy atom. The van der Waals surface area contributed by atoms with Crippen LogP contribution in [-0.4, -0.2) is 29.1 Å². The molecule has 1 nitrogen and oxygen atoms in total. The van der Waals surface area contributed by atoms with Crippen molar-refractivity contribution in [2.75, 3.05) is 6.61 Å². The van der Waals surface area contributed by atoms with Crippen LogP contribution in [0.25, 0.3) is 0 Å². The van der Waals surface area contributed by atoms with Crippen LogP contribution in [0.5, 0.6) is 0 Å². The third-order valence-electron chi connectivity index (χ3n) is 0.743. The van der Waals surface area contributed by atoms with Crippen molar-refractivity contribution in [3.05, 3.63) is 12.3 Å². The van der Waals surface area contributed by atoms with Crippen molar-refractivity contribution in [3.8, 4) is 0 Å². The number of rotatable bonds is 3. The molecule has 0 unspecified atom stereocenters.